The molecule has 1 rings (SSSR count). The Labute approximate surface area is 157 Å². The Balaban J connectivity index is -0.000000168. The minimum Gasteiger partial charge on any atom is -0.870 e. The predicted molar refractivity (Wildman–Crippen MR) is 106 cm³/mol. The molecular weight excluding hydrogens is 336 g/mol. The molecule has 1 aliphatic heterocycles. The van der Waals surface area contributed by atoms with Crippen LogP contribution in [-0.4, -0.2) is 40.7 Å². The van der Waals surface area contributed by atoms with Crippen molar-refractivity contribution in [3.8, 4) is 0 Å². The number of carbonyl (C=O) groups excluding carboxylic acids is 2. The normalized spacial score (nSPS) is 19.8. The molecule has 0 saturated carbocycles. The fourth-order valence-corrected chi connectivity index (χ4v) is 2.06. The first kappa shape index (κ1) is 32.1. The predicted octanol–water partition coefficient (Wildman–Crippen LogP) is 3.14. The molecule has 1 heterocycles. The van der Waals surface area contributed by atoms with E-state index in [1.165, 1.54) is 11.1 Å². The number of aldehydes is 2. The van der Waals surface area contributed by atoms with E-state index in [2.05, 4.69) is 39.8 Å². The Morgan fingerprint density at radius 2 is 1.46 bits per heavy atom. The molecule has 0 radical (unpaired) electrons. The molecule has 0 aromatic carbocycles. The zero-order chi connectivity index (χ0) is 17.9. The van der Waals surface area contributed by atoms with Crippen LogP contribution < -0.4 is 0 Å². The number of epoxide rings is 1. The van der Waals surface area contributed by atoms with Gasteiger partial charge in [0.15, 0.2) is 6.29 Å². The Morgan fingerprint density at radius 3 is 1.85 bits per heavy atom. The minimum atomic E-state index is -0.159. The van der Waals surface area contributed by atoms with Gasteiger partial charge >= 0.3 is 0 Å². The van der Waals surface area contributed by atoms with Gasteiger partial charge in [-0.1, -0.05) is 28.9 Å². The topological polar surface area (TPSA) is 140 Å². The van der Waals surface area contributed by atoms with Crippen LogP contribution in [0.5, 0.6) is 0 Å². The van der Waals surface area contributed by atoms with E-state index in [-0.39, 0.29) is 28.1 Å². The second-order valence-electron chi connectivity index (χ2n) is 6.78. The van der Waals surface area contributed by atoms with E-state index >= 15 is 0 Å². The van der Waals surface area contributed by atoms with Gasteiger partial charge in [0.05, 0.1) is 5.60 Å². The van der Waals surface area contributed by atoms with Crippen LogP contribution in [0.25, 0.3) is 0 Å². The molecule has 0 bridgehead atoms. The third-order valence-corrected chi connectivity index (χ3v) is 3.70. The summed E-state index contributed by atoms with van der Waals surface area (Å²) >= 11 is 0. The minimum absolute atomic E-state index is 0. The van der Waals surface area contributed by atoms with Gasteiger partial charge in [-0.05, 0) is 73.3 Å². The van der Waals surface area contributed by atoms with Gasteiger partial charge in [0.25, 0.3) is 0 Å². The number of allylic oxidation sites excluding steroid dienone is 6. The average Bonchev–Trinajstić information content (AvgIpc) is 3.10. The lowest BCUT2D eigenvalue weighted by Crippen LogP contribution is -2.09. The lowest BCUT2D eigenvalue weighted by atomic mass is 10.0. The van der Waals surface area contributed by atoms with E-state index in [9.17, 15) is 9.59 Å². The van der Waals surface area contributed by atoms with Crippen molar-refractivity contribution in [1.29, 1.82) is 0 Å². The number of hydrogen-bond donors (Lipinski definition) is 0. The van der Waals surface area contributed by atoms with E-state index in [0.717, 1.165) is 43.8 Å². The highest BCUT2D eigenvalue weighted by atomic mass is 16.6. The quantitative estimate of drug-likeness (QED) is 0.279. The summed E-state index contributed by atoms with van der Waals surface area (Å²) in [6.45, 7) is 12.3. The van der Waals surface area contributed by atoms with Gasteiger partial charge in [0.2, 0.25) is 0 Å². The van der Waals surface area contributed by atoms with Crippen LogP contribution in [0.3, 0.4) is 0 Å². The van der Waals surface area contributed by atoms with Crippen molar-refractivity contribution in [2.24, 2.45) is 0 Å². The molecule has 154 valence electrons. The summed E-state index contributed by atoms with van der Waals surface area (Å²) in [5.41, 5.74) is 3.65. The smallest absolute Gasteiger partial charge is 0.151 e. The van der Waals surface area contributed by atoms with Crippen LogP contribution in [0, 0.1) is 0 Å². The molecule has 0 spiro atoms. The Kier molecular flexibility index (Phi) is 20.8. The highest BCUT2D eigenvalue weighted by Crippen LogP contribution is 2.38. The first-order valence-electron chi connectivity index (χ1n) is 8.26. The highest BCUT2D eigenvalue weighted by Gasteiger charge is 2.51. The molecule has 6 nitrogen and oxygen atoms in total. The molecule has 0 aliphatic carbocycles. The summed E-state index contributed by atoms with van der Waals surface area (Å²) in [6.07, 6.45) is 11.5. The lowest BCUT2D eigenvalue weighted by Gasteiger charge is -2.01. The molecule has 0 amide bonds. The molecule has 1 aliphatic rings. The molecule has 5 N–H and O–H groups in total. The van der Waals surface area contributed by atoms with Crippen LogP contribution >= 0.6 is 0 Å². The molecule has 2 unspecified atom stereocenters. The van der Waals surface area contributed by atoms with E-state index in [4.69, 9.17) is 4.74 Å². The van der Waals surface area contributed by atoms with Crippen molar-refractivity contribution < 1.29 is 30.8 Å². The summed E-state index contributed by atoms with van der Waals surface area (Å²) in [7, 11) is 0. The third-order valence-electron chi connectivity index (χ3n) is 3.70. The van der Waals surface area contributed by atoms with Crippen LogP contribution in [0.15, 0.2) is 34.9 Å². The second-order valence-corrected chi connectivity index (χ2v) is 6.78. The first-order valence-corrected chi connectivity index (χ1v) is 8.26. The van der Waals surface area contributed by atoms with Crippen LogP contribution in [-0.2, 0) is 14.3 Å². The summed E-state index contributed by atoms with van der Waals surface area (Å²) < 4.78 is 5.24. The molecule has 2 atom stereocenters. The number of hydrogen-bond acceptors (Lipinski definition) is 4. The highest BCUT2D eigenvalue weighted by molar-refractivity contribution is 5.65. The van der Waals surface area contributed by atoms with Crippen molar-refractivity contribution in [3.63, 3.8) is 0 Å². The van der Waals surface area contributed by atoms with Gasteiger partial charge in [0.1, 0.15) is 12.4 Å². The third kappa shape index (κ3) is 15.9. The van der Waals surface area contributed by atoms with Gasteiger partial charge in [0, 0.05) is 0 Å². The summed E-state index contributed by atoms with van der Waals surface area (Å²) in [5, 5.41) is 0. The maximum atomic E-state index is 10.3. The Hall–Kier alpha value is -1.60. The molecular formula is C20H37O6-. The standard InChI is InChI=1S/C10H16O2.C10H16O.3H2O/c1-8(2)5-4-6-10(3)9(7-11)12-10;1-9(2)5-4-6-10(3)7-8-11;;;/h5,7,9H,4,6H2,1-3H3;5,7-8H,4,6H2,1-3H3;3*1H2/p-1/b;10-7+;;;. The second kappa shape index (κ2) is 16.8. The van der Waals surface area contributed by atoms with Gasteiger partial charge in [-0.3, -0.25) is 4.79 Å². The maximum absolute atomic E-state index is 10.3. The van der Waals surface area contributed by atoms with E-state index < -0.39 is 0 Å². The first-order chi connectivity index (χ1) is 10.7. The monoisotopic (exact) mass is 373 g/mol. The summed E-state index contributed by atoms with van der Waals surface area (Å²) in [5.74, 6) is 0. The van der Waals surface area contributed by atoms with E-state index in [0.29, 0.717) is 0 Å². The van der Waals surface area contributed by atoms with Crippen LogP contribution in [0.1, 0.15) is 67.2 Å². The van der Waals surface area contributed by atoms with E-state index in [1.54, 1.807) is 6.08 Å². The molecule has 1 fully saturated rings. The summed E-state index contributed by atoms with van der Waals surface area (Å²) in [4.78, 5) is 20.4. The van der Waals surface area contributed by atoms with Crippen molar-refractivity contribution in [2.75, 3.05) is 0 Å². The number of carbonyl (C=O) groups is 2. The molecule has 1 saturated heterocycles. The molecule has 6 heteroatoms. The van der Waals surface area contributed by atoms with E-state index in [1.807, 2.05) is 13.8 Å². The molecule has 0 aromatic heterocycles. The van der Waals surface area contributed by atoms with Crippen molar-refractivity contribution >= 4 is 12.6 Å². The molecule has 0 aromatic rings. The van der Waals surface area contributed by atoms with Crippen LogP contribution in [0.4, 0.5) is 0 Å². The number of rotatable bonds is 8. The van der Waals surface area contributed by atoms with Gasteiger partial charge in [-0.15, -0.1) is 0 Å². The van der Waals surface area contributed by atoms with Crippen molar-refractivity contribution in [1.82, 2.24) is 0 Å². The molecule has 26 heavy (non-hydrogen) atoms. The van der Waals surface area contributed by atoms with Gasteiger partial charge in [-0.2, -0.15) is 0 Å². The van der Waals surface area contributed by atoms with Gasteiger partial charge < -0.3 is 26.0 Å². The van der Waals surface area contributed by atoms with Crippen LogP contribution in [0.2, 0.25) is 0 Å². The van der Waals surface area contributed by atoms with Gasteiger partial charge in [-0.25, -0.2) is 0 Å². The SMILES string of the molecule is CC(C)=CCC/C(C)=C/C=O.CC(C)=CCCC1(C)OC1C=O.O.O.[OH-]. The van der Waals surface area contributed by atoms with Crippen molar-refractivity contribution in [2.45, 2.75) is 78.9 Å². The Morgan fingerprint density at radius 1 is 0.962 bits per heavy atom. The van der Waals surface area contributed by atoms with Crippen molar-refractivity contribution in [3.05, 3.63) is 34.9 Å². The fourth-order valence-electron chi connectivity index (χ4n) is 2.06. The fraction of sp³-hybridized carbons (Fsp3) is 0.600. The largest absolute Gasteiger partial charge is 0.870 e. The summed E-state index contributed by atoms with van der Waals surface area (Å²) in [6, 6.07) is 0. The zero-order valence-electron chi connectivity index (χ0n) is 17.0. The Bertz CT molecular complexity index is 471. The maximum Gasteiger partial charge on any atom is 0.151 e. The lowest BCUT2D eigenvalue weighted by molar-refractivity contribution is -0.109. The zero-order valence-corrected chi connectivity index (χ0v) is 17.0. The number of ether oxygens (including phenoxy) is 1. The average molecular weight is 374 g/mol.